The fourth-order valence-electron chi connectivity index (χ4n) is 1.93. The fourth-order valence-corrected chi connectivity index (χ4v) is 4.78. The first kappa shape index (κ1) is 23.3. The number of aliphatic imine (C=N–C) groups is 1. The van der Waals surface area contributed by atoms with Crippen LogP contribution in [0.3, 0.4) is 0 Å². The van der Waals surface area contributed by atoms with E-state index in [1.54, 1.807) is 28.8 Å². The van der Waals surface area contributed by atoms with Gasteiger partial charge in [0.1, 0.15) is 9.22 Å². The number of thiophene rings is 1. The van der Waals surface area contributed by atoms with Crippen LogP contribution in [0.15, 0.2) is 32.9 Å². The number of nitrogens with one attached hydrogen (secondary N) is 3. The molecule has 0 amide bonds. The predicted octanol–water partition coefficient (Wildman–Crippen LogP) is 2.42. The Balaban J connectivity index is 0.00000338. The molecule has 0 aliphatic rings. The zero-order valence-electron chi connectivity index (χ0n) is 14.7. The van der Waals surface area contributed by atoms with Gasteiger partial charge in [0, 0.05) is 30.7 Å². The highest BCUT2D eigenvalue weighted by molar-refractivity contribution is 14.0. The van der Waals surface area contributed by atoms with E-state index in [1.807, 2.05) is 13.1 Å². The van der Waals surface area contributed by atoms with E-state index < -0.39 is 10.0 Å². The van der Waals surface area contributed by atoms with Gasteiger partial charge in [-0.2, -0.15) is 0 Å². The number of thiazole rings is 1. The highest BCUT2D eigenvalue weighted by atomic mass is 127. The van der Waals surface area contributed by atoms with Crippen molar-refractivity contribution in [3.8, 4) is 0 Å². The Kier molecular flexibility index (Phi) is 10.6. The second-order valence-electron chi connectivity index (χ2n) is 5.03. The van der Waals surface area contributed by atoms with E-state index in [0.717, 1.165) is 18.0 Å². The largest absolute Gasteiger partial charge is 0.357 e. The monoisotopic (exact) mass is 529 g/mol. The molecule has 0 fully saturated rings. The minimum atomic E-state index is -3.42. The first-order valence-corrected chi connectivity index (χ1v) is 11.2. The van der Waals surface area contributed by atoms with Crippen molar-refractivity contribution < 1.29 is 8.42 Å². The molecule has 11 heteroatoms. The summed E-state index contributed by atoms with van der Waals surface area (Å²) in [6.45, 7) is 6.03. The fraction of sp³-hybridized carbons (Fsp3) is 0.467. The maximum absolute atomic E-state index is 12.0. The summed E-state index contributed by atoms with van der Waals surface area (Å²) in [6, 6.07) is 3.31. The van der Waals surface area contributed by atoms with Gasteiger partial charge in [-0.1, -0.05) is 13.0 Å². The SMILES string of the molecule is CCNC(=NCc1ncc(CC)s1)NCCNS(=O)(=O)c1cccs1.I. The van der Waals surface area contributed by atoms with Gasteiger partial charge in [-0.15, -0.1) is 46.7 Å². The van der Waals surface area contributed by atoms with Gasteiger partial charge in [-0.05, 0) is 24.8 Å². The van der Waals surface area contributed by atoms with Crippen molar-refractivity contribution in [1.82, 2.24) is 20.3 Å². The van der Waals surface area contributed by atoms with Gasteiger partial charge in [-0.25, -0.2) is 23.1 Å². The minimum Gasteiger partial charge on any atom is -0.357 e. The van der Waals surface area contributed by atoms with Crippen molar-refractivity contribution in [2.24, 2.45) is 4.99 Å². The normalized spacial score (nSPS) is 11.8. The molecule has 26 heavy (non-hydrogen) atoms. The lowest BCUT2D eigenvalue weighted by Crippen LogP contribution is -2.41. The first-order chi connectivity index (χ1) is 12.0. The second kappa shape index (κ2) is 11.8. The summed E-state index contributed by atoms with van der Waals surface area (Å²) < 4.78 is 26.9. The summed E-state index contributed by atoms with van der Waals surface area (Å²) in [6.07, 6.45) is 2.86. The Bertz CT molecular complexity index is 775. The number of halogens is 1. The van der Waals surface area contributed by atoms with Crippen molar-refractivity contribution in [3.05, 3.63) is 33.6 Å². The van der Waals surface area contributed by atoms with Crippen LogP contribution in [0.2, 0.25) is 0 Å². The summed E-state index contributed by atoms with van der Waals surface area (Å²) in [5.41, 5.74) is 0. The van der Waals surface area contributed by atoms with Crippen molar-refractivity contribution >= 4 is 62.6 Å². The summed E-state index contributed by atoms with van der Waals surface area (Å²) in [5.74, 6) is 0.645. The quantitative estimate of drug-likeness (QED) is 0.201. The van der Waals surface area contributed by atoms with Crippen LogP contribution in [0.5, 0.6) is 0 Å². The molecule has 0 aliphatic heterocycles. The van der Waals surface area contributed by atoms with Crippen LogP contribution in [0, 0.1) is 0 Å². The molecular formula is C15H24IN5O2S3. The number of aromatic nitrogens is 1. The van der Waals surface area contributed by atoms with Gasteiger partial charge in [0.2, 0.25) is 10.0 Å². The van der Waals surface area contributed by atoms with E-state index in [1.165, 1.54) is 16.2 Å². The van der Waals surface area contributed by atoms with Crippen LogP contribution in [0.1, 0.15) is 23.7 Å². The maximum Gasteiger partial charge on any atom is 0.250 e. The average Bonchev–Trinajstić information content (AvgIpc) is 3.28. The number of sulfonamides is 1. The van der Waals surface area contributed by atoms with Crippen LogP contribution in [0.4, 0.5) is 0 Å². The van der Waals surface area contributed by atoms with Crippen LogP contribution in [-0.4, -0.2) is 39.0 Å². The molecule has 0 saturated heterocycles. The van der Waals surface area contributed by atoms with Gasteiger partial charge in [-0.3, -0.25) is 0 Å². The topological polar surface area (TPSA) is 95.5 Å². The zero-order valence-corrected chi connectivity index (χ0v) is 19.5. The molecular weight excluding hydrogens is 505 g/mol. The van der Waals surface area contributed by atoms with E-state index in [-0.39, 0.29) is 30.5 Å². The van der Waals surface area contributed by atoms with Gasteiger partial charge in [0.05, 0.1) is 6.54 Å². The Morgan fingerprint density at radius 1 is 1.27 bits per heavy atom. The van der Waals surface area contributed by atoms with Gasteiger partial charge in [0.15, 0.2) is 5.96 Å². The van der Waals surface area contributed by atoms with E-state index >= 15 is 0 Å². The summed E-state index contributed by atoms with van der Waals surface area (Å²) >= 11 is 2.86. The highest BCUT2D eigenvalue weighted by Crippen LogP contribution is 2.15. The lowest BCUT2D eigenvalue weighted by atomic mass is 10.4. The molecule has 2 heterocycles. The molecule has 2 rings (SSSR count). The Labute approximate surface area is 179 Å². The molecule has 0 radical (unpaired) electrons. The third kappa shape index (κ3) is 7.47. The third-order valence-corrected chi connectivity index (χ3v) is 7.12. The molecule has 3 N–H and O–H groups in total. The lowest BCUT2D eigenvalue weighted by Gasteiger charge is -2.11. The molecule has 2 aromatic rings. The van der Waals surface area contributed by atoms with Crippen molar-refractivity contribution in [2.45, 2.75) is 31.0 Å². The Morgan fingerprint density at radius 2 is 2.08 bits per heavy atom. The highest BCUT2D eigenvalue weighted by Gasteiger charge is 2.13. The van der Waals surface area contributed by atoms with Crippen LogP contribution in [0.25, 0.3) is 0 Å². The average molecular weight is 529 g/mol. The molecule has 0 saturated carbocycles. The van der Waals surface area contributed by atoms with E-state index in [9.17, 15) is 8.42 Å². The number of guanidine groups is 1. The lowest BCUT2D eigenvalue weighted by molar-refractivity contribution is 0.582. The smallest absolute Gasteiger partial charge is 0.250 e. The first-order valence-electron chi connectivity index (χ1n) is 8.04. The molecule has 0 aliphatic carbocycles. The molecule has 0 aromatic carbocycles. The zero-order chi connectivity index (χ0) is 18.1. The number of aryl methyl sites for hydroxylation is 1. The second-order valence-corrected chi connectivity index (χ2v) is 9.17. The third-order valence-electron chi connectivity index (χ3n) is 3.14. The van der Waals surface area contributed by atoms with Crippen molar-refractivity contribution in [1.29, 1.82) is 0 Å². The van der Waals surface area contributed by atoms with E-state index in [0.29, 0.717) is 23.3 Å². The molecule has 0 atom stereocenters. The minimum absolute atomic E-state index is 0. The molecule has 0 spiro atoms. The summed E-state index contributed by atoms with van der Waals surface area (Å²) in [5, 5.41) is 8.97. The molecule has 146 valence electrons. The Hall–Kier alpha value is -0.760. The summed E-state index contributed by atoms with van der Waals surface area (Å²) in [4.78, 5) is 10.1. The van der Waals surface area contributed by atoms with Crippen LogP contribution >= 0.6 is 46.7 Å². The Morgan fingerprint density at radius 3 is 2.69 bits per heavy atom. The maximum atomic E-state index is 12.0. The molecule has 7 nitrogen and oxygen atoms in total. The van der Waals surface area contributed by atoms with Crippen LogP contribution in [-0.2, 0) is 23.0 Å². The predicted molar refractivity (Wildman–Crippen MR) is 119 cm³/mol. The van der Waals surface area contributed by atoms with Crippen molar-refractivity contribution in [2.75, 3.05) is 19.6 Å². The molecule has 0 unspecified atom stereocenters. The van der Waals surface area contributed by atoms with Gasteiger partial charge in [0.25, 0.3) is 0 Å². The van der Waals surface area contributed by atoms with E-state index in [4.69, 9.17) is 0 Å². The molecule has 2 aromatic heterocycles. The number of hydrogen-bond donors (Lipinski definition) is 3. The molecule has 0 bridgehead atoms. The standard InChI is InChI=1S/C15H23N5O2S3.HI/c1-3-12-10-18-13(24-12)11-19-15(16-4-2)17-7-8-20-25(21,22)14-6-5-9-23-14;/h5-6,9-10,20H,3-4,7-8,11H2,1-2H3,(H2,16,17,19);1H. The summed E-state index contributed by atoms with van der Waals surface area (Å²) in [7, 11) is -3.42. The van der Waals surface area contributed by atoms with Gasteiger partial charge < -0.3 is 10.6 Å². The van der Waals surface area contributed by atoms with Crippen LogP contribution < -0.4 is 15.4 Å². The van der Waals surface area contributed by atoms with Gasteiger partial charge >= 0.3 is 0 Å². The van der Waals surface area contributed by atoms with E-state index in [2.05, 4.69) is 32.3 Å². The van der Waals surface area contributed by atoms with Crippen molar-refractivity contribution in [3.63, 3.8) is 0 Å². The number of rotatable bonds is 9. The number of hydrogen-bond acceptors (Lipinski definition) is 6. The number of nitrogens with zero attached hydrogens (tertiary/aromatic N) is 2.